The van der Waals surface area contributed by atoms with E-state index in [1.165, 1.54) is 0 Å². The zero-order valence-electron chi connectivity index (χ0n) is 11.3. The molecule has 0 bridgehead atoms. The van der Waals surface area contributed by atoms with E-state index in [9.17, 15) is 9.90 Å². The van der Waals surface area contributed by atoms with Gasteiger partial charge in [-0.3, -0.25) is 0 Å². The fourth-order valence-electron chi connectivity index (χ4n) is 2.64. The summed E-state index contributed by atoms with van der Waals surface area (Å²) >= 11 is 0.266. The van der Waals surface area contributed by atoms with Gasteiger partial charge in [-0.15, -0.1) is 0 Å². The molecule has 0 radical (unpaired) electrons. The third-order valence-corrected chi connectivity index (χ3v) is 5.54. The van der Waals surface area contributed by atoms with Crippen LogP contribution in [0.2, 0.25) is 5.82 Å². The van der Waals surface area contributed by atoms with Gasteiger partial charge in [0.1, 0.15) is 0 Å². The summed E-state index contributed by atoms with van der Waals surface area (Å²) in [5.74, 6) is 2.01. The van der Waals surface area contributed by atoms with E-state index in [-0.39, 0.29) is 20.7 Å². The van der Waals surface area contributed by atoms with Gasteiger partial charge in [-0.05, 0) is 0 Å². The van der Waals surface area contributed by atoms with Crippen LogP contribution >= 0.6 is 0 Å². The first-order valence-corrected chi connectivity index (χ1v) is 9.25. The van der Waals surface area contributed by atoms with E-state index >= 15 is 0 Å². The van der Waals surface area contributed by atoms with E-state index in [0.717, 1.165) is 23.7 Å². The van der Waals surface area contributed by atoms with Crippen molar-refractivity contribution < 1.29 is 9.90 Å². The molecule has 1 aliphatic rings. The molecule has 102 valence electrons. The number of Topliss-reactive ketones (excluding diaryl/α,β-unsaturated/α-hetero) is 1. The number of ketones is 1. The summed E-state index contributed by atoms with van der Waals surface area (Å²) in [6.45, 7) is 3.91. The molecule has 0 atom stereocenters. The van der Waals surface area contributed by atoms with Crippen LogP contribution in [0.1, 0.15) is 42.5 Å². The van der Waals surface area contributed by atoms with Crippen molar-refractivity contribution in [2.75, 3.05) is 0 Å². The Morgan fingerprint density at radius 1 is 1.26 bits per heavy atom. The first-order chi connectivity index (χ1) is 9.08. The van der Waals surface area contributed by atoms with Crippen LogP contribution in [-0.2, 0) is 0 Å². The molecule has 1 fully saturated rings. The van der Waals surface area contributed by atoms with Crippen LogP contribution in [0, 0.1) is 0 Å². The Kier molecular flexibility index (Phi) is 4.62. The van der Waals surface area contributed by atoms with Crippen LogP contribution in [0.4, 0.5) is 0 Å². The molecule has 0 unspecified atom stereocenters. The quantitative estimate of drug-likeness (QED) is 0.525. The van der Waals surface area contributed by atoms with Crippen molar-refractivity contribution >= 4 is 25.2 Å². The molecular formula is C16H20O2Se. The molecule has 0 amide bonds. The third-order valence-electron chi connectivity index (χ3n) is 3.87. The predicted octanol–water partition coefficient (Wildman–Crippen LogP) is 2.50. The molecule has 1 aromatic carbocycles. The average Bonchev–Trinajstić information content (AvgIpc) is 2.46. The van der Waals surface area contributed by atoms with Gasteiger partial charge < -0.3 is 0 Å². The minimum absolute atomic E-state index is 0.0799. The normalized spacial score (nSPS) is 18.0. The van der Waals surface area contributed by atoms with Gasteiger partial charge in [0.25, 0.3) is 0 Å². The molecule has 0 aliphatic heterocycles. The fourth-order valence-corrected chi connectivity index (χ4v) is 3.89. The Morgan fingerprint density at radius 2 is 1.89 bits per heavy atom. The minimum atomic E-state index is -0.983. The SMILES string of the molecule is C=C(C(=O)c1ccccc1[Se]C)C1(O)CCCCC1. The second-order valence-corrected chi connectivity index (χ2v) is 6.88. The molecule has 1 N–H and O–H groups in total. The van der Waals surface area contributed by atoms with Gasteiger partial charge in [-0.2, -0.15) is 0 Å². The standard InChI is InChI=1S/C16H20O2Se/c1-12(16(18)10-6-3-7-11-16)15(17)13-8-4-5-9-14(13)19-2/h4-5,8-9,18H,1,3,6-7,10-11H2,2H3. The van der Waals surface area contributed by atoms with E-state index in [0.29, 0.717) is 24.0 Å². The van der Waals surface area contributed by atoms with Gasteiger partial charge in [-0.1, -0.05) is 0 Å². The van der Waals surface area contributed by atoms with E-state index in [4.69, 9.17) is 0 Å². The molecule has 19 heavy (non-hydrogen) atoms. The number of carbonyl (C=O) groups is 1. The molecule has 0 heterocycles. The van der Waals surface area contributed by atoms with Crippen molar-refractivity contribution in [2.45, 2.75) is 43.5 Å². The van der Waals surface area contributed by atoms with E-state index in [1.54, 1.807) is 0 Å². The summed E-state index contributed by atoms with van der Waals surface area (Å²) in [7, 11) is 0. The van der Waals surface area contributed by atoms with Crippen LogP contribution in [0.5, 0.6) is 0 Å². The summed E-state index contributed by atoms with van der Waals surface area (Å²) < 4.78 is 1.08. The van der Waals surface area contributed by atoms with Gasteiger partial charge >= 0.3 is 121 Å². The van der Waals surface area contributed by atoms with Gasteiger partial charge in [-0.25, -0.2) is 0 Å². The van der Waals surface area contributed by atoms with Crippen molar-refractivity contribution in [3.63, 3.8) is 0 Å². The number of rotatable bonds is 4. The topological polar surface area (TPSA) is 37.3 Å². The van der Waals surface area contributed by atoms with E-state index < -0.39 is 5.60 Å². The predicted molar refractivity (Wildman–Crippen MR) is 79.2 cm³/mol. The van der Waals surface area contributed by atoms with E-state index in [2.05, 4.69) is 12.4 Å². The van der Waals surface area contributed by atoms with E-state index in [1.807, 2.05) is 24.3 Å². The molecular weight excluding hydrogens is 303 g/mol. The van der Waals surface area contributed by atoms with Crippen molar-refractivity contribution in [2.24, 2.45) is 0 Å². The molecule has 2 rings (SSSR count). The molecule has 0 saturated heterocycles. The maximum atomic E-state index is 12.6. The van der Waals surface area contributed by atoms with Gasteiger partial charge in [0.05, 0.1) is 0 Å². The maximum absolute atomic E-state index is 12.6. The van der Waals surface area contributed by atoms with Crippen LogP contribution in [0.15, 0.2) is 36.4 Å². The summed E-state index contributed by atoms with van der Waals surface area (Å²) in [5, 5.41) is 10.6. The van der Waals surface area contributed by atoms with Crippen LogP contribution in [0.25, 0.3) is 0 Å². The Balaban J connectivity index is 2.26. The molecule has 0 aromatic heterocycles. The Morgan fingerprint density at radius 3 is 2.53 bits per heavy atom. The summed E-state index contributed by atoms with van der Waals surface area (Å²) in [6.07, 6.45) is 4.41. The van der Waals surface area contributed by atoms with Crippen LogP contribution in [0.3, 0.4) is 0 Å². The van der Waals surface area contributed by atoms with Crippen molar-refractivity contribution in [1.29, 1.82) is 0 Å². The summed E-state index contributed by atoms with van der Waals surface area (Å²) in [6, 6.07) is 7.67. The second kappa shape index (κ2) is 6.04. The first kappa shape index (κ1) is 14.5. The molecule has 1 aromatic rings. The Labute approximate surface area is 121 Å². The van der Waals surface area contributed by atoms with Gasteiger partial charge in [0.15, 0.2) is 0 Å². The van der Waals surface area contributed by atoms with Gasteiger partial charge in [0.2, 0.25) is 0 Å². The second-order valence-electron chi connectivity index (χ2n) is 5.10. The molecule has 0 spiro atoms. The molecule has 3 heteroatoms. The zero-order chi connectivity index (χ0) is 13.9. The van der Waals surface area contributed by atoms with Crippen molar-refractivity contribution in [3.05, 3.63) is 42.0 Å². The third kappa shape index (κ3) is 3.00. The monoisotopic (exact) mass is 324 g/mol. The number of hydrogen-bond donors (Lipinski definition) is 1. The molecule has 1 saturated carbocycles. The van der Waals surface area contributed by atoms with Gasteiger partial charge in [0, 0.05) is 0 Å². The first-order valence-electron chi connectivity index (χ1n) is 6.68. The number of hydrogen-bond acceptors (Lipinski definition) is 2. The summed E-state index contributed by atoms with van der Waals surface area (Å²) in [4.78, 5) is 12.6. The van der Waals surface area contributed by atoms with Crippen molar-refractivity contribution in [1.82, 2.24) is 0 Å². The van der Waals surface area contributed by atoms with Crippen LogP contribution in [-0.4, -0.2) is 31.4 Å². The molecule has 2 nitrogen and oxygen atoms in total. The average molecular weight is 323 g/mol. The fraction of sp³-hybridized carbons (Fsp3) is 0.438. The van der Waals surface area contributed by atoms with Crippen LogP contribution < -0.4 is 4.46 Å². The number of aliphatic hydroxyl groups is 1. The molecule has 1 aliphatic carbocycles. The van der Waals surface area contributed by atoms with Crippen molar-refractivity contribution in [3.8, 4) is 0 Å². The zero-order valence-corrected chi connectivity index (χ0v) is 13.0. The summed E-state index contributed by atoms with van der Waals surface area (Å²) in [5.41, 5.74) is 0.112. The Bertz CT molecular complexity index is 487. The Hall–Kier alpha value is -0.891. The number of benzene rings is 1. The number of carbonyl (C=O) groups excluding carboxylic acids is 1.